The Hall–Kier alpha value is -1.42. The van der Waals surface area contributed by atoms with E-state index in [0.717, 1.165) is 5.56 Å². The summed E-state index contributed by atoms with van der Waals surface area (Å²) in [4.78, 5) is 10.4. The fraction of sp³-hybridized carbons (Fsp3) is 0.400. The molecule has 0 radical (unpaired) electrons. The van der Waals surface area contributed by atoms with Crippen LogP contribution in [-0.4, -0.2) is 11.5 Å². The summed E-state index contributed by atoms with van der Waals surface area (Å²) in [7, 11) is 0. The maximum atomic E-state index is 10.8. The Morgan fingerprint density at radius 2 is 2.21 bits per heavy atom. The van der Waals surface area contributed by atoms with E-state index in [-0.39, 0.29) is 10.6 Å². The number of hydrogen-bond acceptors (Lipinski definition) is 3. The van der Waals surface area contributed by atoms with Crippen LogP contribution >= 0.6 is 0 Å². The van der Waals surface area contributed by atoms with Crippen LogP contribution in [0.3, 0.4) is 0 Å². The summed E-state index contributed by atoms with van der Waals surface area (Å²) in [6, 6.07) is 5.09. The smallest absolute Gasteiger partial charge is 0.275 e. The lowest BCUT2D eigenvalue weighted by molar-refractivity contribution is -0.386. The third-order valence-corrected chi connectivity index (χ3v) is 2.55. The van der Waals surface area contributed by atoms with E-state index in [0.29, 0.717) is 12.2 Å². The van der Waals surface area contributed by atoms with Gasteiger partial charge in [0, 0.05) is 6.07 Å². The van der Waals surface area contributed by atoms with E-state index >= 15 is 0 Å². The van der Waals surface area contributed by atoms with Gasteiger partial charge in [-0.05, 0) is 19.4 Å². The lowest BCUT2D eigenvalue weighted by Gasteiger charge is -2.09. The van der Waals surface area contributed by atoms with Gasteiger partial charge >= 0.3 is 0 Å². The molecule has 1 fully saturated rings. The number of nitro benzene ring substituents is 1. The minimum Gasteiger partial charge on any atom is -0.365 e. The SMILES string of the molecule is Cc1cccc([N+](=O)[O-])c1C1(C)CO1. The molecule has 4 nitrogen and oxygen atoms in total. The van der Waals surface area contributed by atoms with E-state index in [4.69, 9.17) is 4.74 Å². The molecule has 4 heteroatoms. The number of nitrogens with zero attached hydrogens (tertiary/aromatic N) is 1. The third-order valence-electron chi connectivity index (χ3n) is 2.55. The number of ether oxygens (including phenoxy) is 1. The first kappa shape index (κ1) is 9.15. The molecule has 14 heavy (non-hydrogen) atoms. The highest BCUT2D eigenvalue weighted by Gasteiger charge is 2.46. The van der Waals surface area contributed by atoms with Gasteiger partial charge in [-0.1, -0.05) is 12.1 Å². The zero-order valence-corrected chi connectivity index (χ0v) is 8.11. The highest BCUT2D eigenvalue weighted by atomic mass is 16.6. The summed E-state index contributed by atoms with van der Waals surface area (Å²) < 4.78 is 5.25. The number of epoxide rings is 1. The largest absolute Gasteiger partial charge is 0.365 e. The predicted molar refractivity (Wildman–Crippen MR) is 51.1 cm³/mol. The van der Waals surface area contributed by atoms with Gasteiger partial charge in [0.1, 0.15) is 5.60 Å². The van der Waals surface area contributed by atoms with Crippen molar-refractivity contribution in [1.29, 1.82) is 0 Å². The van der Waals surface area contributed by atoms with E-state index in [9.17, 15) is 10.1 Å². The van der Waals surface area contributed by atoms with Crippen molar-refractivity contribution in [1.82, 2.24) is 0 Å². The number of nitro groups is 1. The molecule has 1 aliphatic rings. The van der Waals surface area contributed by atoms with Crippen molar-refractivity contribution in [3.8, 4) is 0 Å². The summed E-state index contributed by atoms with van der Waals surface area (Å²) in [5, 5.41) is 10.8. The molecule has 1 heterocycles. The molecule has 0 amide bonds. The Morgan fingerprint density at radius 1 is 1.57 bits per heavy atom. The fourth-order valence-electron chi connectivity index (χ4n) is 1.75. The Balaban J connectivity index is 2.60. The number of benzene rings is 1. The van der Waals surface area contributed by atoms with Gasteiger partial charge in [-0.25, -0.2) is 0 Å². The molecule has 1 aromatic rings. The van der Waals surface area contributed by atoms with Crippen molar-refractivity contribution in [2.24, 2.45) is 0 Å². The summed E-state index contributed by atoms with van der Waals surface area (Å²) >= 11 is 0. The summed E-state index contributed by atoms with van der Waals surface area (Å²) in [6.07, 6.45) is 0. The molecule has 1 saturated heterocycles. The van der Waals surface area contributed by atoms with Crippen molar-refractivity contribution in [3.63, 3.8) is 0 Å². The van der Waals surface area contributed by atoms with Crippen LogP contribution in [0.5, 0.6) is 0 Å². The molecule has 1 atom stereocenters. The second-order valence-corrected chi connectivity index (χ2v) is 3.75. The Kier molecular flexibility index (Phi) is 1.82. The standard InChI is InChI=1S/C10H11NO3/c1-7-4-3-5-8(11(12)13)9(7)10(2)6-14-10/h3-5H,6H2,1-2H3. The first-order valence-electron chi connectivity index (χ1n) is 4.43. The Bertz CT molecular complexity index is 396. The van der Waals surface area contributed by atoms with Gasteiger partial charge in [0.25, 0.3) is 5.69 Å². The van der Waals surface area contributed by atoms with Crippen molar-refractivity contribution < 1.29 is 9.66 Å². The summed E-state index contributed by atoms with van der Waals surface area (Å²) in [5.74, 6) is 0. The van der Waals surface area contributed by atoms with Gasteiger partial charge in [-0.15, -0.1) is 0 Å². The van der Waals surface area contributed by atoms with E-state index < -0.39 is 5.60 Å². The van der Waals surface area contributed by atoms with Crippen molar-refractivity contribution >= 4 is 5.69 Å². The topological polar surface area (TPSA) is 55.7 Å². The van der Waals surface area contributed by atoms with Crippen LogP contribution in [0, 0.1) is 17.0 Å². The average molecular weight is 193 g/mol. The van der Waals surface area contributed by atoms with Crippen LogP contribution in [0.1, 0.15) is 18.1 Å². The molecule has 0 aromatic heterocycles. The molecule has 1 aromatic carbocycles. The van der Waals surface area contributed by atoms with Crippen LogP contribution in [0.15, 0.2) is 18.2 Å². The molecular formula is C10H11NO3. The lowest BCUT2D eigenvalue weighted by atomic mass is 9.95. The van der Waals surface area contributed by atoms with E-state index in [2.05, 4.69) is 0 Å². The number of aryl methyl sites for hydroxylation is 1. The molecule has 0 saturated carbocycles. The van der Waals surface area contributed by atoms with Gasteiger partial charge in [0.15, 0.2) is 0 Å². The Labute approximate surface area is 81.7 Å². The van der Waals surface area contributed by atoms with Gasteiger partial charge in [-0.3, -0.25) is 10.1 Å². The zero-order chi connectivity index (χ0) is 10.3. The minimum atomic E-state index is -0.437. The monoisotopic (exact) mass is 193 g/mol. The van der Waals surface area contributed by atoms with E-state index in [1.54, 1.807) is 6.07 Å². The summed E-state index contributed by atoms with van der Waals surface area (Å²) in [5.41, 5.74) is 1.35. The third kappa shape index (κ3) is 1.28. The first-order chi connectivity index (χ1) is 6.54. The van der Waals surface area contributed by atoms with Crippen LogP contribution in [-0.2, 0) is 10.3 Å². The van der Waals surface area contributed by atoms with Crippen LogP contribution in [0.2, 0.25) is 0 Å². The lowest BCUT2D eigenvalue weighted by Crippen LogP contribution is -2.08. The minimum absolute atomic E-state index is 0.157. The van der Waals surface area contributed by atoms with Gasteiger partial charge in [0.2, 0.25) is 0 Å². The zero-order valence-electron chi connectivity index (χ0n) is 8.11. The van der Waals surface area contributed by atoms with Crippen molar-refractivity contribution in [2.45, 2.75) is 19.4 Å². The molecule has 2 rings (SSSR count). The molecule has 0 bridgehead atoms. The highest BCUT2D eigenvalue weighted by Crippen LogP contribution is 2.44. The number of rotatable bonds is 2. The van der Waals surface area contributed by atoms with Crippen LogP contribution in [0.4, 0.5) is 5.69 Å². The molecule has 1 aliphatic heterocycles. The molecule has 0 spiro atoms. The highest BCUT2D eigenvalue weighted by molar-refractivity contribution is 5.50. The second kappa shape index (κ2) is 2.78. The predicted octanol–water partition coefficient (Wildman–Crippen LogP) is 2.15. The van der Waals surface area contributed by atoms with Crippen LogP contribution < -0.4 is 0 Å². The van der Waals surface area contributed by atoms with E-state index in [1.165, 1.54) is 6.07 Å². The number of hydrogen-bond donors (Lipinski definition) is 0. The molecule has 0 N–H and O–H groups in total. The summed E-state index contributed by atoms with van der Waals surface area (Å²) in [6.45, 7) is 4.32. The molecule has 0 aliphatic carbocycles. The molecule has 1 unspecified atom stereocenters. The second-order valence-electron chi connectivity index (χ2n) is 3.75. The maximum Gasteiger partial charge on any atom is 0.275 e. The Morgan fingerprint density at radius 3 is 2.71 bits per heavy atom. The van der Waals surface area contributed by atoms with Crippen molar-refractivity contribution in [2.75, 3.05) is 6.61 Å². The van der Waals surface area contributed by atoms with Gasteiger partial charge in [0.05, 0.1) is 17.1 Å². The van der Waals surface area contributed by atoms with E-state index in [1.807, 2.05) is 19.9 Å². The molecular weight excluding hydrogens is 182 g/mol. The van der Waals surface area contributed by atoms with Crippen molar-refractivity contribution in [3.05, 3.63) is 39.4 Å². The van der Waals surface area contributed by atoms with Gasteiger partial charge in [-0.2, -0.15) is 0 Å². The molecule has 74 valence electrons. The van der Waals surface area contributed by atoms with Crippen LogP contribution in [0.25, 0.3) is 0 Å². The average Bonchev–Trinajstić information content (AvgIpc) is 2.84. The maximum absolute atomic E-state index is 10.8. The fourth-order valence-corrected chi connectivity index (χ4v) is 1.75. The first-order valence-corrected chi connectivity index (χ1v) is 4.43. The van der Waals surface area contributed by atoms with Gasteiger partial charge < -0.3 is 4.74 Å². The normalized spacial score (nSPS) is 24.7. The quantitative estimate of drug-likeness (QED) is 0.410.